The molecule has 0 aliphatic heterocycles. The Labute approximate surface area is 244 Å². The first kappa shape index (κ1) is 32.5. The Balaban J connectivity index is 1.95. The van der Waals surface area contributed by atoms with Gasteiger partial charge in [-0.3, -0.25) is 9.36 Å². The zero-order valence-electron chi connectivity index (χ0n) is 22.5. The molecule has 44 heavy (non-hydrogen) atoms. The molecule has 0 spiro atoms. The van der Waals surface area contributed by atoms with Crippen molar-refractivity contribution in [3.63, 3.8) is 0 Å². The number of hydrogen-bond acceptors (Lipinski definition) is 5. The van der Waals surface area contributed by atoms with Crippen molar-refractivity contribution in [3.05, 3.63) is 99.0 Å². The number of sulfone groups is 1. The third-order valence-corrected chi connectivity index (χ3v) is 8.38. The van der Waals surface area contributed by atoms with E-state index in [0.29, 0.717) is 22.8 Å². The van der Waals surface area contributed by atoms with Crippen LogP contribution < -0.4 is 5.56 Å². The van der Waals surface area contributed by atoms with Gasteiger partial charge in [0.05, 0.1) is 41.1 Å². The molecule has 0 saturated heterocycles. The average Bonchev–Trinajstić information content (AvgIpc) is 3.40. The van der Waals surface area contributed by atoms with Gasteiger partial charge in [0.1, 0.15) is 23.3 Å². The van der Waals surface area contributed by atoms with Crippen molar-refractivity contribution in [1.29, 1.82) is 5.26 Å². The first-order valence-corrected chi connectivity index (χ1v) is 14.3. The molecule has 2 heterocycles. The van der Waals surface area contributed by atoms with E-state index in [2.05, 4.69) is 0 Å². The van der Waals surface area contributed by atoms with Crippen LogP contribution in [-0.4, -0.2) is 24.9 Å². The molecule has 0 aliphatic carbocycles. The minimum absolute atomic E-state index is 0.120. The van der Waals surface area contributed by atoms with Crippen LogP contribution >= 0.6 is 0 Å². The van der Waals surface area contributed by atoms with Gasteiger partial charge in [0.25, 0.3) is 5.56 Å². The Kier molecular flexibility index (Phi) is 8.79. The average molecular weight is 645 g/mol. The third kappa shape index (κ3) is 7.02. The van der Waals surface area contributed by atoms with E-state index < -0.39 is 85.4 Å². The van der Waals surface area contributed by atoms with E-state index in [1.807, 2.05) is 0 Å². The van der Waals surface area contributed by atoms with Gasteiger partial charge >= 0.3 is 12.4 Å². The fourth-order valence-corrected chi connectivity index (χ4v) is 5.86. The van der Waals surface area contributed by atoms with Crippen LogP contribution in [0.3, 0.4) is 0 Å². The normalized spacial score (nSPS) is 12.4. The highest BCUT2D eigenvalue weighted by Gasteiger charge is 2.34. The molecule has 0 N–H and O–H groups in total. The summed E-state index contributed by atoms with van der Waals surface area (Å²) in [6.07, 6.45) is -10.5. The van der Waals surface area contributed by atoms with E-state index in [4.69, 9.17) is 4.42 Å². The quantitative estimate of drug-likeness (QED) is 0.188. The number of nitrogens with zero attached hydrogens (tertiary/aromatic N) is 2. The van der Waals surface area contributed by atoms with Crippen LogP contribution in [0.25, 0.3) is 22.6 Å². The second-order valence-electron chi connectivity index (χ2n) is 9.72. The lowest BCUT2D eigenvalue weighted by atomic mass is 10.0. The van der Waals surface area contributed by atoms with Gasteiger partial charge in [-0.05, 0) is 53.9 Å². The van der Waals surface area contributed by atoms with Crippen LogP contribution in [0.4, 0.5) is 35.1 Å². The van der Waals surface area contributed by atoms with Crippen LogP contribution in [0.5, 0.6) is 0 Å². The predicted octanol–water partition coefficient (Wildman–Crippen LogP) is 7.28. The number of furan rings is 1. The Morgan fingerprint density at radius 1 is 0.932 bits per heavy atom. The van der Waals surface area contributed by atoms with Crippen LogP contribution in [0.2, 0.25) is 0 Å². The highest BCUT2D eigenvalue weighted by atomic mass is 32.2. The van der Waals surface area contributed by atoms with E-state index in [0.717, 1.165) is 36.6 Å². The first-order valence-electron chi connectivity index (χ1n) is 12.7. The molecular weight excluding hydrogens is 624 g/mol. The van der Waals surface area contributed by atoms with Gasteiger partial charge < -0.3 is 4.42 Å². The number of halogens is 8. The number of benzene rings is 2. The maximum atomic E-state index is 14.5. The number of aromatic nitrogens is 1. The molecule has 0 aliphatic rings. The lowest BCUT2D eigenvalue weighted by Gasteiger charge is -2.16. The van der Waals surface area contributed by atoms with Gasteiger partial charge in [-0.25, -0.2) is 17.2 Å². The van der Waals surface area contributed by atoms with Crippen LogP contribution in [0.15, 0.2) is 68.9 Å². The van der Waals surface area contributed by atoms with Gasteiger partial charge in [0.15, 0.2) is 15.6 Å². The molecule has 2 aromatic carbocycles. The Bertz CT molecular complexity index is 1930. The fourth-order valence-electron chi connectivity index (χ4n) is 4.47. The molecule has 0 bridgehead atoms. The van der Waals surface area contributed by atoms with Crippen molar-refractivity contribution in [3.8, 4) is 28.7 Å². The number of alkyl halides is 6. The maximum Gasteiger partial charge on any atom is 0.416 e. The Morgan fingerprint density at radius 3 is 2.23 bits per heavy atom. The van der Waals surface area contributed by atoms with Crippen molar-refractivity contribution >= 4 is 9.84 Å². The van der Waals surface area contributed by atoms with Crippen LogP contribution in [0, 0.1) is 23.0 Å². The summed E-state index contributed by atoms with van der Waals surface area (Å²) in [4.78, 5) is 12.7. The zero-order chi connectivity index (χ0) is 32.6. The second kappa shape index (κ2) is 11.9. The lowest BCUT2D eigenvalue weighted by Crippen LogP contribution is -2.28. The minimum Gasteiger partial charge on any atom is -0.462 e. The third-order valence-electron chi connectivity index (χ3n) is 6.48. The fraction of sp³-hybridized carbons (Fsp3) is 0.241. The van der Waals surface area contributed by atoms with Crippen molar-refractivity contribution in [1.82, 2.24) is 4.57 Å². The Hall–Kier alpha value is -4.45. The summed E-state index contributed by atoms with van der Waals surface area (Å²) in [6, 6.07) is 7.74. The van der Waals surface area contributed by atoms with E-state index in [1.54, 1.807) is 0 Å². The van der Waals surface area contributed by atoms with Crippen molar-refractivity contribution < 1.29 is 48.0 Å². The summed E-state index contributed by atoms with van der Waals surface area (Å²) in [5, 5.41) is 9.49. The largest absolute Gasteiger partial charge is 0.462 e. The standard InChI is InChI=1S/C29H20F8N2O4S/c1-2-5-44(41,42)22-7-17(6-20(10-22)29(35,36)37)19-9-26(43-15-19)25-8-18(12-28(32,33)34)23(13-38)27(40)39(25)14-16-3-4-21(30)11-24(16)31/h3-4,6-11,15H,2,5,12,14H2,1H3. The van der Waals surface area contributed by atoms with Gasteiger partial charge in [0, 0.05) is 17.2 Å². The van der Waals surface area contributed by atoms with Crippen molar-refractivity contribution in [2.75, 3.05) is 5.75 Å². The molecule has 6 nitrogen and oxygen atoms in total. The highest BCUT2D eigenvalue weighted by molar-refractivity contribution is 7.91. The molecule has 0 amide bonds. The summed E-state index contributed by atoms with van der Waals surface area (Å²) < 4.78 is 140. The maximum absolute atomic E-state index is 14.5. The molecule has 0 atom stereocenters. The second-order valence-corrected chi connectivity index (χ2v) is 11.8. The number of hydrogen-bond donors (Lipinski definition) is 0. The molecule has 15 heteroatoms. The van der Waals surface area contributed by atoms with Gasteiger partial charge in [-0.15, -0.1) is 0 Å². The number of rotatable bonds is 8. The molecule has 232 valence electrons. The summed E-state index contributed by atoms with van der Waals surface area (Å²) in [6.45, 7) is 0.830. The minimum atomic E-state index is -4.95. The van der Waals surface area contributed by atoms with Gasteiger partial charge in [-0.2, -0.15) is 31.6 Å². The van der Waals surface area contributed by atoms with E-state index in [-0.39, 0.29) is 28.9 Å². The summed E-state index contributed by atoms with van der Waals surface area (Å²) in [5.41, 5.74) is -5.30. The van der Waals surface area contributed by atoms with Gasteiger partial charge in [0.2, 0.25) is 0 Å². The van der Waals surface area contributed by atoms with Crippen molar-refractivity contribution in [2.45, 2.75) is 43.6 Å². The monoisotopic (exact) mass is 644 g/mol. The van der Waals surface area contributed by atoms with Gasteiger partial charge in [-0.1, -0.05) is 13.0 Å². The molecule has 4 aromatic rings. The zero-order valence-corrected chi connectivity index (χ0v) is 23.3. The molecule has 2 aromatic heterocycles. The summed E-state index contributed by atoms with van der Waals surface area (Å²) in [7, 11) is -4.13. The number of nitriles is 1. The topological polar surface area (TPSA) is 93.1 Å². The Morgan fingerprint density at radius 2 is 1.64 bits per heavy atom. The molecule has 4 rings (SSSR count). The van der Waals surface area contributed by atoms with Crippen LogP contribution in [0.1, 0.15) is 35.6 Å². The number of pyridine rings is 1. The summed E-state index contributed by atoms with van der Waals surface area (Å²) in [5.74, 6) is -2.87. The van der Waals surface area contributed by atoms with E-state index >= 15 is 0 Å². The first-order chi connectivity index (χ1) is 20.4. The molecule has 0 fully saturated rings. The smallest absolute Gasteiger partial charge is 0.416 e. The summed E-state index contributed by atoms with van der Waals surface area (Å²) >= 11 is 0. The molecule has 0 radical (unpaired) electrons. The van der Waals surface area contributed by atoms with E-state index in [9.17, 15) is 53.6 Å². The lowest BCUT2D eigenvalue weighted by molar-refractivity contribution is -0.137. The predicted molar refractivity (Wildman–Crippen MR) is 141 cm³/mol. The SMILES string of the molecule is CCCS(=O)(=O)c1cc(-c2coc(-c3cc(CC(F)(F)F)c(C#N)c(=O)n3Cc3ccc(F)cc3F)c2)cc(C(F)(F)F)c1. The molecule has 0 saturated carbocycles. The molecular formula is C29H20F8N2O4S. The van der Waals surface area contributed by atoms with Crippen LogP contribution in [-0.2, 0) is 29.0 Å². The van der Waals surface area contributed by atoms with Crippen molar-refractivity contribution in [2.24, 2.45) is 0 Å². The van der Waals surface area contributed by atoms with E-state index in [1.165, 1.54) is 13.0 Å². The molecule has 0 unspecified atom stereocenters. The highest BCUT2D eigenvalue weighted by Crippen LogP contribution is 2.37.